The summed E-state index contributed by atoms with van der Waals surface area (Å²) in [4.78, 5) is 21.0. The third-order valence-corrected chi connectivity index (χ3v) is 3.32. The van der Waals surface area contributed by atoms with E-state index in [0.717, 1.165) is 16.2 Å². The Bertz CT molecular complexity index is 681. The van der Waals surface area contributed by atoms with Gasteiger partial charge >= 0.3 is 11.7 Å². The van der Waals surface area contributed by atoms with Crippen LogP contribution < -0.4 is 4.74 Å². The van der Waals surface area contributed by atoms with Crippen LogP contribution in [-0.2, 0) is 6.54 Å². The number of nitro groups is 1. The van der Waals surface area contributed by atoms with E-state index in [9.17, 15) is 14.9 Å². The highest BCUT2D eigenvalue weighted by Crippen LogP contribution is 2.26. The van der Waals surface area contributed by atoms with Gasteiger partial charge in [-0.1, -0.05) is 6.07 Å². The highest BCUT2D eigenvalue weighted by atomic mass is 79.9. The molecule has 0 amide bonds. The molecule has 2 aromatic rings. The van der Waals surface area contributed by atoms with Gasteiger partial charge in [0.05, 0.1) is 23.1 Å². The molecule has 1 aromatic carbocycles. The highest BCUT2D eigenvalue weighted by Gasteiger charge is 2.25. The maximum Gasteiger partial charge on any atom is 0.363 e. The SMILES string of the molecule is COc1ccc(Cn2cc([N+](=O)[O-])c(C(=O)O)n2)cc1Br. The lowest BCUT2D eigenvalue weighted by atomic mass is 10.2. The predicted molar refractivity (Wildman–Crippen MR) is 75.6 cm³/mol. The zero-order valence-corrected chi connectivity index (χ0v) is 12.4. The molecule has 0 aliphatic heterocycles. The summed E-state index contributed by atoms with van der Waals surface area (Å²) in [6, 6.07) is 5.26. The van der Waals surface area contributed by atoms with Crippen molar-refractivity contribution in [3.05, 3.63) is 50.2 Å². The van der Waals surface area contributed by atoms with Crippen LogP contribution in [0.1, 0.15) is 16.1 Å². The minimum absolute atomic E-state index is 0.205. The Hall–Kier alpha value is -2.42. The molecule has 0 saturated carbocycles. The zero-order chi connectivity index (χ0) is 15.6. The second kappa shape index (κ2) is 5.92. The van der Waals surface area contributed by atoms with Gasteiger partial charge in [0.1, 0.15) is 11.9 Å². The number of aromatic nitrogens is 2. The van der Waals surface area contributed by atoms with E-state index < -0.39 is 22.3 Å². The Morgan fingerprint density at radius 3 is 2.76 bits per heavy atom. The summed E-state index contributed by atoms with van der Waals surface area (Å²) in [5, 5.41) is 23.4. The molecular formula is C12H10BrN3O5. The highest BCUT2D eigenvalue weighted by molar-refractivity contribution is 9.10. The van der Waals surface area contributed by atoms with Crippen molar-refractivity contribution in [1.29, 1.82) is 0 Å². The maximum atomic E-state index is 10.9. The fraction of sp³-hybridized carbons (Fsp3) is 0.167. The largest absolute Gasteiger partial charge is 0.496 e. The normalized spacial score (nSPS) is 10.4. The van der Waals surface area contributed by atoms with Gasteiger partial charge in [0.2, 0.25) is 5.69 Å². The molecule has 1 N–H and O–H groups in total. The van der Waals surface area contributed by atoms with Crippen LogP contribution in [0.2, 0.25) is 0 Å². The average molecular weight is 356 g/mol. The molecule has 0 aliphatic rings. The lowest BCUT2D eigenvalue weighted by molar-refractivity contribution is -0.385. The number of rotatable bonds is 5. The number of halogens is 1. The lowest BCUT2D eigenvalue weighted by Crippen LogP contribution is -2.04. The van der Waals surface area contributed by atoms with Gasteiger partial charge in [-0.05, 0) is 33.6 Å². The molecule has 0 radical (unpaired) electrons. The number of hydrogen-bond donors (Lipinski definition) is 1. The van der Waals surface area contributed by atoms with Gasteiger partial charge in [-0.15, -0.1) is 0 Å². The van der Waals surface area contributed by atoms with Gasteiger partial charge in [0.15, 0.2) is 0 Å². The van der Waals surface area contributed by atoms with Gasteiger partial charge < -0.3 is 9.84 Å². The minimum atomic E-state index is -1.43. The molecule has 9 heteroatoms. The molecule has 1 aromatic heterocycles. The number of hydrogen-bond acceptors (Lipinski definition) is 5. The lowest BCUT2D eigenvalue weighted by Gasteiger charge is -2.06. The molecule has 8 nitrogen and oxygen atoms in total. The quantitative estimate of drug-likeness (QED) is 0.651. The number of ether oxygens (including phenoxy) is 1. The fourth-order valence-corrected chi connectivity index (χ4v) is 2.36. The second-order valence-electron chi connectivity index (χ2n) is 4.09. The predicted octanol–water partition coefficient (Wildman–Crippen LogP) is 2.31. The molecule has 0 unspecified atom stereocenters. The fourth-order valence-electron chi connectivity index (χ4n) is 1.77. The van der Waals surface area contributed by atoms with Crippen molar-refractivity contribution < 1.29 is 19.6 Å². The van der Waals surface area contributed by atoms with Crippen LogP contribution in [0.5, 0.6) is 5.75 Å². The van der Waals surface area contributed by atoms with E-state index in [1.165, 1.54) is 11.8 Å². The summed E-state index contributed by atoms with van der Waals surface area (Å²) in [6.07, 6.45) is 1.10. The van der Waals surface area contributed by atoms with E-state index in [2.05, 4.69) is 21.0 Å². The summed E-state index contributed by atoms with van der Waals surface area (Å²) in [6.45, 7) is 0.205. The summed E-state index contributed by atoms with van der Waals surface area (Å²) in [7, 11) is 1.54. The van der Waals surface area contributed by atoms with Crippen molar-refractivity contribution in [2.75, 3.05) is 7.11 Å². The summed E-state index contributed by atoms with van der Waals surface area (Å²) in [5.41, 5.74) is -0.320. The number of carboxylic acids is 1. The minimum Gasteiger partial charge on any atom is -0.496 e. The van der Waals surface area contributed by atoms with E-state index in [1.54, 1.807) is 18.2 Å². The first-order chi connectivity index (χ1) is 9.92. The van der Waals surface area contributed by atoms with E-state index >= 15 is 0 Å². The van der Waals surface area contributed by atoms with Crippen LogP contribution in [-0.4, -0.2) is 32.9 Å². The molecule has 0 fully saturated rings. The number of nitrogens with zero attached hydrogens (tertiary/aromatic N) is 3. The van der Waals surface area contributed by atoms with E-state index in [1.807, 2.05) is 0 Å². The Balaban J connectivity index is 2.31. The molecule has 1 heterocycles. The van der Waals surface area contributed by atoms with Gasteiger partial charge in [0, 0.05) is 0 Å². The molecule has 0 spiro atoms. The topological polar surface area (TPSA) is 107 Å². The van der Waals surface area contributed by atoms with Gasteiger partial charge in [-0.25, -0.2) is 4.79 Å². The number of carboxylic acid groups (broad SMARTS) is 1. The van der Waals surface area contributed by atoms with Crippen molar-refractivity contribution in [3.8, 4) is 5.75 Å². The van der Waals surface area contributed by atoms with Crippen molar-refractivity contribution in [2.24, 2.45) is 0 Å². The molecule has 2 rings (SSSR count). The van der Waals surface area contributed by atoms with Crippen LogP contribution in [0.15, 0.2) is 28.9 Å². The Labute approximate surface area is 127 Å². The number of benzene rings is 1. The van der Waals surface area contributed by atoms with Crippen LogP contribution in [0.4, 0.5) is 5.69 Å². The molecular weight excluding hydrogens is 346 g/mol. The van der Waals surface area contributed by atoms with Gasteiger partial charge in [-0.2, -0.15) is 5.10 Å². The summed E-state index contributed by atoms with van der Waals surface area (Å²) >= 11 is 3.33. The Kier molecular flexibility index (Phi) is 4.22. The molecule has 0 saturated heterocycles. The first-order valence-electron chi connectivity index (χ1n) is 5.70. The molecule has 110 valence electrons. The first kappa shape index (κ1) is 15.0. The van der Waals surface area contributed by atoms with Crippen LogP contribution in [0.3, 0.4) is 0 Å². The Morgan fingerprint density at radius 2 is 2.29 bits per heavy atom. The van der Waals surface area contributed by atoms with Crippen LogP contribution in [0.25, 0.3) is 0 Å². The molecule has 0 atom stereocenters. The average Bonchev–Trinajstić information content (AvgIpc) is 2.83. The second-order valence-corrected chi connectivity index (χ2v) is 4.95. The molecule has 0 aliphatic carbocycles. The Morgan fingerprint density at radius 1 is 1.57 bits per heavy atom. The molecule has 21 heavy (non-hydrogen) atoms. The number of carbonyl (C=O) groups is 1. The zero-order valence-electron chi connectivity index (χ0n) is 10.8. The van der Waals surface area contributed by atoms with Crippen molar-refractivity contribution in [3.63, 3.8) is 0 Å². The molecule has 0 bridgehead atoms. The first-order valence-corrected chi connectivity index (χ1v) is 6.49. The van der Waals surface area contributed by atoms with Crippen molar-refractivity contribution >= 4 is 27.6 Å². The van der Waals surface area contributed by atoms with Gasteiger partial charge in [-0.3, -0.25) is 14.8 Å². The smallest absolute Gasteiger partial charge is 0.363 e. The summed E-state index contributed by atoms with van der Waals surface area (Å²) < 4.78 is 7.04. The summed E-state index contributed by atoms with van der Waals surface area (Å²) in [5.74, 6) is -0.784. The maximum absolute atomic E-state index is 10.9. The van der Waals surface area contributed by atoms with E-state index in [0.29, 0.717) is 5.75 Å². The third kappa shape index (κ3) is 3.19. The number of methoxy groups -OCH3 is 1. The standard InChI is InChI=1S/C12H10BrN3O5/c1-21-10-3-2-7(4-8(10)13)5-15-6-9(16(19)20)11(14-15)12(17)18/h2-4,6H,5H2,1H3,(H,17,18). The van der Waals surface area contributed by atoms with Gasteiger partial charge in [0.25, 0.3) is 0 Å². The van der Waals surface area contributed by atoms with Crippen LogP contribution in [0, 0.1) is 10.1 Å². The van der Waals surface area contributed by atoms with Crippen LogP contribution >= 0.6 is 15.9 Å². The van der Waals surface area contributed by atoms with Crippen molar-refractivity contribution in [2.45, 2.75) is 6.54 Å². The van der Waals surface area contributed by atoms with E-state index in [4.69, 9.17) is 9.84 Å². The van der Waals surface area contributed by atoms with E-state index in [-0.39, 0.29) is 6.54 Å². The number of aromatic carboxylic acids is 1. The van der Waals surface area contributed by atoms with Crippen molar-refractivity contribution in [1.82, 2.24) is 9.78 Å². The third-order valence-electron chi connectivity index (χ3n) is 2.70. The monoisotopic (exact) mass is 355 g/mol.